The first kappa shape index (κ1) is 12.6. The van der Waals surface area contributed by atoms with Crippen molar-refractivity contribution in [2.45, 2.75) is 25.3 Å². The summed E-state index contributed by atoms with van der Waals surface area (Å²) >= 11 is 5.83. The normalized spacial score (nSPS) is 20.6. The lowest BCUT2D eigenvalue weighted by atomic mass is 10.2. The number of hydrogen-bond acceptors (Lipinski definition) is 3. The Morgan fingerprint density at radius 3 is 3.18 bits per heavy atom. The molecule has 0 saturated carbocycles. The van der Waals surface area contributed by atoms with E-state index in [2.05, 4.69) is 16.8 Å². The highest BCUT2D eigenvalue weighted by molar-refractivity contribution is 6.17. The molecule has 1 unspecified atom stereocenters. The van der Waals surface area contributed by atoms with Crippen molar-refractivity contribution in [2.75, 3.05) is 24.6 Å². The van der Waals surface area contributed by atoms with Crippen LogP contribution in [0.3, 0.4) is 0 Å². The summed E-state index contributed by atoms with van der Waals surface area (Å²) in [5.41, 5.74) is 0.739. The van der Waals surface area contributed by atoms with Crippen LogP contribution in [0.2, 0.25) is 0 Å². The van der Waals surface area contributed by atoms with E-state index in [0.717, 1.165) is 30.9 Å². The van der Waals surface area contributed by atoms with E-state index in [1.165, 1.54) is 12.3 Å². The van der Waals surface area contributed by atoms with Gasteiger partial charge in [-0.2, -0.15) is 0 Å². The molecule has 0 bridgehead atoms. The lowest BCUT2D eigenvalue weighted by Crippen LogP contribution is -2.43. The Hall–Kier alpha value is -0.870. The third-order valence-electron chi connectivity index (χ3n) is 2.95. The second kappa shape index (κ2) is 5.65. The Bertz CT molecular complexity index is 389. The van der Waals surface area contributed by atoms with Crippen LogP contribution in [0, 0.1) is 5.82 Å². The minimum atomic E-state index is -0.343. The van der Waals surface area contributed by atoms with Crippen molar-refractivity contribution >= 4 is 17.4 Å². The molecule has 1 aromatic heterocycles. The van der Waals surface area contributed by atoms with E-state index >= 15 is 0 Å². The van der Waals surface area contributed by atoms with E-state index in [1.807, 2.05) is 0 Å². The molecule has 1 aliphatic rings. The average Bonchev–Trinajstić information content (AvgIpc) is 2.38. The Morgan fingerprint density at radius 1 is 1.65 bits per heavy atom. The van der Waals surface area contributed by atoms with Crippen molar-refractivity contribution < 1.29 is 9.13 Å². The van der Waals surface area contributed by atoms with Crippen LogP contribution in [0.5, 0.6) is 0 Å². The molecule has 94 valence electrons. The van der Waals surface area contributed by atoms with Crippen molar-refractivity contribution in [1.29, 1.82) is 0 Å². The van der Waals surface area contributed by atoms with E-state index in [1.54, 1.807) is 0 Å². The van der Waals surface area contributed by atoms with Crippen LogP contribution >= 0.6 is 11.6 Å². The smallest absolute Gasteiger partial charge is 0.141 e. The zero-order valence-corrected chi connectivity index (χ0v) is 10.6. The Balaban J connectivity index is 2.20. The largest absolute Gasteiger partial charge is 0.375 e. The Morgan fingerprint density at radius 2 is 2.47 bits per heavy atom. The molecule has 1 saturated heterocycles. The van der Waals surface area contributed by atoms with Crippen LogP contribution in [0.4, 0.5) is 10.2 Å². The van der Waals surface area contributed by atoms with Crippen molar-refractivity contribution in [3.05, 3.63) is 23.6 Å². The molecule has 0 amide bonds. The van der Waals surface area contributed by atoms with Gasteiger partial charge in [-0.3, -0.25) is 0 Å². The topological polar surface area (TPSA) is 25.4 Å². The third-order valence-corrected chi connectivity index (χ3v) is 3.24. The molecule has 2 heterocycles. The average molecular weight is 259 g/mol. The second-order valence-corrected chi connectivity index (χ2v) is 4.38. The molecule has 0 spiro atoms. The molecule has 3 nitrogen and oxygen atoms in total. The summed E-state index contributed by atoms with van der Waals surface area (Å²) in [6, 6.07) is 1.45. The molecule has 1 aliphatic heterocycles. The number of halogens is 2. The summed E-state index contributed by atoms with van der Waals surface area (Å²) < 4.78 is 18.7. The predicted molar refractivity (Wildman–Crippen MR) is 66.0 cm³/mol. The van der Waals surface area contributed by atoms with Gasteiger partial charge in [0.1, 0.15) is 11.6 Å². The van der Waals surface area contributed by atoms with Gasteiger partial charge in [0, 0.05) is 18.7 Å². The van der Waals surface area contributed by atoms with E-state index in [4.69, 9.17) is 16.3 Å². The first-order valence-electron chi connectivity index (χ1n) is 5.81. The quantitative estimate of drug-likeness (QED) is 0.780. The summed E-state index contributed by atoms with van der Waals surface area (Å²) in [5, 5.41) is 0. The fourth-order valence-corrected chi connectivity index (χ4v) is 2.21. The molecule has 0 aliphatic carbocycles. The zero-order valence-electron chi connectivity index (χ0n) is 9.83. The minimum absolute atomic E-state index is 0.221. The number of pyridine rings is 1. The molecule has 5 heteroatoms. The maximum Gasteiger partial charge on any atom is 0.141 e. The first-order valence-corrected chi connectivity index (χ1v) is 6.35. The lowest BCUT2D eigenvalue weighted by Gasteiger charge is -2.34. The van der Waals surface area contributed by atoms with Gasteiger partial charge in [0.15, 0.2) is 0 Å². The molecule has 0 aromatic carbocycles. The van der Waals surface area contributed by atoms with Gasteiger partial charge in [0.2, 0.25) is 0 Å². The van der Waals surface area contributed by atoms with Gasteiger partial charge >= 0.3 is 0 Å². The van der Waals surface area contributed by atoms with E-state index < -0.39 is 0 Å². The molecule has 1 fully saturated rings. The highest BCUT2D eigenvalue weighted by Gasteiger charge is 2.22. The van der Waals surface area contributed by atoms with Gasteiger partial charge in [0.05, 0.1) is 24.8 Å². The summed E-state index contributed by atoms with van der Waals surface area (Å²) in [4.78, 5) is 6.27. The van der Waals surface area contributed by atoms with Crippen LogP contribution in [0.15, 0.2) is 12.3 Å². The SMILES string of the molecule is CCC1CN(c2ncc(F)cc2CCl)CCO1. The molecular formula is C12H16ClFN2O. The number of nitrogens with zero attached hydrogens (tertiary/aromatic N) is 2. The van der Waals surface area contributed by atoms with Crippen molar-refractivity contribution in [3.8, 4) is 0 Å². The molecule has 0 radical (unpaired) electrons. The van der Waals surface area contributed by atoms with Crippen LogP contribution in [0.25, 0.3) is 0 Å². The number of ether oxygens (including phenoxy) is 1. The Kier molecular flexibility index (Phi) is 4.18. The number of aromatic nitrogens is 1. The summed E-state index contributed by atoms with van der Waals surface area (Å²) in [6.45, 7) is 4.34. The Labute approximate surface area is 106 Å². The summed E-state index contributed by atoms with van der Waals surface area (Å²) in [7, 11) is 0. The number of hydrogen-bond donors (Lipinski definition) is 0. The van der Waals surface area contributed by atoms with Gasteiger partial charge in [-0.05, 0) is 12.5 Å². The van der Waals surface area contributed by atoms with Crippen molar-refractivity contribution in [1.82, 2.24) is 4.98 Å². The van der Waals surface area contributed by atoms with E-state index in [0.29, 0.717) is 6.61 Å². The number of alkyl halides is 1. The van der Waals surface area contributed by atoms with Gasteiger partial charge < -0.3 is 9.64 Å². The fourth-order valence-electron chi connectivity index (χ4n) is 2.02. The fraction of sp³-hybridized carbons (Fsp3) is 0.583. The van der Waals surface area contributed by atoms with Crippen LogP contribution < -0.4 is 4.90 Å². The number of rotatable bonds is 3. The van der Waals surface area contributed by atoms with Crippen molar-refractivity contribution in [3.63, 3.8) is 0 Å². The van der Waals surface area contributed by atoms with Crippen LogP contribution in [0.1, 0.15) is 18.9 Å². The van der Waals surface area contributed by atoms with Gasteiger partial charge in [0.25, 0.3) is 0 Å². The van der Waals surface area contributed by atoms with E-state index in [-0.39, 0.29) is 17.8 Å². The summed E-state index contributed by atoms with van der Waals surface area (Å²) in [6.07, 6.45) is 2.43. The highest BCUT2D eigenvalue weighted by Crippen LogP contribution is 2.23. The summed E-state index contributed by atoms with van der Waals surface area (Å²) in [5.74, 6) is 0.710. The maximum atomic E-state index is 13.1. The molecule has 1 atom stereocenters. The van der Waals surface area contributed by atoms with Gasteiger partial charge in [-0.1, -0.05) is 6.92 Å². The number of anilines is 1. The third kappa shape index (κ3) is 2.87. The first-order chi connectivity index (χ1) is 8.24. The minimum Gasteiger partial charge on any atom is -0.375 e. The van der Waals surface area contributed by atoms with Crippen molar-refractivity contribution in [2.24, 2.45) is 0 Å². The molecule has 1 aromatic rings. The molecule has 0 N–H and O–H groups in total. The van der Waals surface area contributed by atoms with Crippen LogP contribution in [-0.2, 0) is 10.6 Å². The molecular weight excluding hydrogens is 243 g/mol. The standard InChI is InChI=1S/C12H16ClFN2O/c1-2-11-8-16(3-4-17-11)12-9(6-13)5-10(14)7-15-12/h5,7,11H,2-4,6,8H2,1H3. The van der Waals surface area contributed by atoms with Gasteiger partial charge in [-0.25, -0.2) is 9.37 Å². The molecule has 17 heavy (non-hydrogen) atoms. The monoisotopic (exact) mass is 258 g/mol. The second-order valence-electron chi connectivity index (χ2n) is 4.12. The van der Waals surface area contributed by atoms with Crippen LogP contribution in [-0.4, -0.2) is 30.8 Å². The molecule has 2 rings (SSSR count). The van der Waals surface area contributed by atoms with Gasteiger partial charge in [-0.15, -0.1) is 11.6 Å². The predicted octanol–water partition coefficient (Wildman–Crippen LogP) is 2.57. The maximum absolute atomic E-state index is 13.1. The zero-order chi connectivity index (χ0) is 12.3. The lowest BCUT2D eigenvalue weighted by molar-refractivity contribution is 0.0381. The number of morpholine rings is 1. The van der Waals surface area contributed by atoms with E-state index in [9.17, 15) is 4.39 Å². The highest BCUT2D eigenvalue weighted by atomic mass is 35.5.